The zero-order valence-corrected chi connectivity index (χ0v) is 13.3. The van der Waals surface area contributed by atoms with E-state index in [0.29, 0.717) is 45.1 Å². The van der Waals surface area contributed by atoms with Gasteiger partial charge in [-0.25, -0.2) is 8.42 Å². The molecule has 7 nitrogen and oxygen atoms in total. The minimum atomic E-state index is -3.53. The maximum absolute atomic E-state index is 12.5. The lowest BCUT2D eigenvalue weighted by Gasteiger charge is -2.31. The van der Waals surface area contributed by atoms with Gasteiger partial charge in [-0.2, -0.15) is 4.31 Å². The first-order valence-electron chi connectivity index (χ1n) is 6.99. The molecule has 0 N–H and O–H groups in total. The first kappa shape index (κ1) is 16.7. The molecule has 1 aromatic rings. The van der Waals surface area contributed by atoms with E-state index in [1.165, 1.54) is 16.4 Å². The summed E-state index contributed by atoms with van der Waals surface area (Å²) in [5.41, 5.74) is 0. The van der Waals surface area contributed by atoms with Gasteiger partial charge in [0.1, 0.15) is 12.4 Å². The average molecular weight is 328 g/mol. The zero-order valence-electron chi connectivity index (χ0n) is 12.5. The van der Waals surface area contributed by atoms with Crippen molar-refractivity contribution in [3.63, 3.8) is 0 Å². The number of rotatable bonds is 7. The summed E-state index contributed by atoms with van der Waals surface area (Å²) in [5.74, 6) is 0.599. The number of hydrogen-bond acceptors (Lipinski definition) is 5. The fraction of sp³-hybridized carbons (Fsp3) is 0.500. The lowest BCUT2D eigenvalue weighted by atomic mass is 10.3. The number of carbonyl (C=O) groups is 1. The minimum Gasteiger partial charge on any atom is -0.491 e. The molecule has 0 radical (unpaired) electrons. The Hall–Kier alpha value is -1.64. The Bertz CT molecular complexity index is 580. The van der Waals surface area contributed by atoms with Crippen LogP contribution in [0.2, 0.25) is 0 Å². The third-order valence-corrected chi connectivity index (χ3v) is 5.35. The molecular formula is C14H20N2O5S. The third-order valence-electron chi connectivity index (χ3n) is 3.44. The number of amides is 1. The maximum Gasteiger partial charge on any atom is 0.243 e. The highest BCUT2D eigenvalue weighted by Crippen LogP contribution is 2.20. The Balaban J connectivity index is 2.02. The third kappa shape index (κ3) is 3.96. The molecule has 1 aromatic carbocycles. The van der Waals surface area contributed by atoms with E-state index in [0.717, 1.165) is 6.41 Å². The predicted octanol–water partition coefficient (Wildman–Crippen LogP) is 0.175. The standard InChI is InChI=1S/C14H20N2O5S/c1-20-10-11-21-13-2-4-14(5-3-13)22(18,19)16-8-6-15(12-17)7-9-16/h2-5,12H,6-11H2,1H3. The number of hydrogen-bond donors (Lipinski definition) is 0. The molecule has 22 heavy (non-hydrogen) atoms. The summed E-state index contributed by atoms with van der Waals surface area (Å²) in [7, 11) is -1.94. The Kier molecular flexibility index (Phi) is 5.76. The van der Waals surface area contributed by atoms with Gasteiger partial charge in [-0.3, -0.25) is 4.79 Å². The van der Waals surface area contributed by atoms with Crippen LogP contribution in [0, 0.1) is 0 Å². The highest BCUT2D eigenvalue weighted by Gasteiger charge is 2.27. The Morgan fingerprint density at radius 2 is 1.73 bits per heavy atom. The van der Waals surface area contributed by atoms with Crippen molar-refractivity contribution in [3.8, 4) is 5.75 Å². The van der Waals surface area contributed by atoms with E-state index in [1.54, 1.807) is 24.1 Å². The molecule has 1 saturated heterocycles. The van der Waals surface area contributed by atoms with Crippen LogP contribution in [0.4, 0.5) is 0 Å². The SMILES string of the molecule is COCCOc1ccc(S(=O)(=O)N2CCN(C=O)CC2)cc1. The summed E-state index contributed by atoms with van der Waals surface area (Å²) in [6.07, 6.45) is 0.746. The largest absolute Gasteiger partial charge is 0.491 e. The van der Waals surface area contributed by atoms with Crippen LogP contribution in [0.15, 0.2) is 29.2 Å². The van der Waals surface area contributed by atoms with Gasteiger partial charge in [-0.15, -0.1) is 0 Å². The van der Waals surface area contributed by atoms with Gasteiger partial charge in [0.25, 0.3) is 0 Å². The van der Waals surface area contributed by atoms with Gasteiger partial charge in [0, 0.05) is 33.3 Å². The fourth-order valence-electron chi connectivity index (χ4n) is 2.15. The quantitative estimate of drug-likeness (QED) is 0.527. The van der Waals surface area contributed by atoms with Crippen LogP contribution in [-0.2, 0) is 19.6 Å². The Morgan fingerprint density at radius 1 is 1.09 bits per heavy atom. The van der Waals surface area contributed by atoms with Crippen molar-refractivity contribution in [2.75, 3.05) is 46.5 Å². The van der Waals surface area contributed by atoms with E-state index in [4.69, 9.17) is 9.47 Å². The molecule has 0 aromatic heterocycles. The molecule has 1 amide bonds. The molecule has 1 fully saturated rings. The summed E-state index contributed by atoms with van der Waals surface area (Å²) in [5, 5.41) is 0. The van der Waals surface area contributed by atoms with Crippen LogP contribution in [0.5, 0.6) is 5.75 Å². The molecular weight excluding hydrogens is 308 g/mol. The number of nitrogens with zero attached hydrogens (tertiary/aromatic N) is 2. The summed E-state index contributed by atoms with van der Waals surface area (Å²) in [6, 6.07) is 6.32. The van der Waals surface area contributed by atoms with Crippen LogP contribution >= 0.6 is 0 Å². The van der Waals surface area contributed by atoms with Crippen molar-refractivity contribution in [2.24, 2.45) is 0 Å². The lowest BCUT2D eigenvalue weighted by molar-refractivity contribution is -0.119. The van der Waals surface area contributed by atoms with Crippen molar-refractivity contribution in [1.29, 1.82) is 0 Å². The zero-order chi connectivity index (χ0) is 16.0. The molecule has 1 heterocycles. The summed E-state index contributed by atoms with van der Waals surface area (Å²) in [6.45, 7) is 2.35. The highest BCUT2D eigenvalue weighted by atomic mass is 32.2. The molecule has 2 rings (SSSR count). The van der Waals surface area contributed by atoms with E-state index < -0.39 is 10.0 Å². The maximum atomic E-state index is 12.5. The van der Waals surface area contributed by atoms with Crippen LogP contribution in [0.25, 0.3) is 0 Å². The molecule has 0 aliphatic carbocycles. The molecule has 0 bridgehead atoms. The Labute approximate surface area is 130 Å². The van der Waals surface area contributed by atoms with Gasteiger partial charge >= 0.3 is 0 Å². The van der Waals surface area contributed by atoms with Gasteiger partial charge in [0.2, 0.25) is 16.4 Å². The van der Waals surface area contributed by atoms with E-state index in [9.17, 15) is 13.2 Å². The number of piperazine rings is 1. The molecule has 122 valence electrons. The molecule has 0 unspecified atom stereocenters. The van der Waals surface area contributed by atoms with E-state index >= 15 is 0 Å². The number of benzene rings is 1. The lowest BCUT2D eigenvalue weighted by Crippen LogP contribution is -2.47. The first-order chi connectivity index (χ1) is 10.6. The van der Waals surface area contributed by atoms with Crippen molar-refractivity contribution in [1.82, 2.24) is 9.21 Å². The van der Waals surface area contributed by atoms with Gasteiger partial charge in [-0.05, 0) is 24.3 Å². The van der Waals surface area contributed by atoms with Crippen molar-refractivity contribution < 1.29 is 22.7 Å². The van der Waals surface area contributed by atoms with E-state index in [-0.39, 0.29) is 4.90 Å². The normalized spacial score (nSPS) is 16.5. The summed E-state index contributed by atoms with van der Waals surface area (Å²) >= 11 is 0. The fourth-order valence-corrected chi connectivity index (χ4v) is 3.57. The van der Waals surface area contributed by atoms with Crippen LogP contribution in [0.1, 0.15) is 0 Å². The topological polar surface area (TPSA) is 76.2 Å². The van der Waals surface area contributed by atoms with Gasteiger partial charge < -0.3 is 14.4 Å². The second kappa shape index (κ2) is 7.57. The molecule has 0 spiro atoms. The van der Waals surface area contributed by atoms with Gasteiger partial charge in [-0.1, -0.05) is 0 Å². The molecule has 0 atom stereocenters. The van der Waals surface area contributed by atoms with E-state index in [1.807, 2.05) is 0 Å². The molecule has 8 heteroatoms. The van der Waals surface area contributed by atoms with Gasteiger partial charge in [0.15, 0.2) is 0 Å². The predicted molar refractivity (Wildman–Crippen MR) is 80.2 cm³/mol. The van der Waals surface area contributed by atoms with Crippen molar-refractivity contribution in [2.45, 2.75) is 4.90 Å². The van der Waals surface area contributed by atoms with Crippen molar-refractivity contribution in [3.05, 3.63) is 24.3 Å². The number of carbonyl (C=O) groups excluding carboxylic acids is 1. The molecule has 1 aliphatic heterocycles. The van der Waals surface area contributed by atoms with Crippen molar-refractivity contribution >= 4 is 16.4 Å². The van der Waals surface area contributed by atoms with Crippen LogP contribution in [-0.4, -0.2) is 70.5 Å². The number of methoxy groups -OCH3 is 1. The average Bonchev–Trinajstić information content (AvgIpc) is 2.55. The summed E-state index contributed by atoms with van der Waals surface area (Å²) in [4.78, 5) is 12.5. The number of ether oxygens (including phenoxy) is 2. The molecule has 0 saturated carbocycles. The summed E-state index contributed by atoms with van der Waals surface area (Å²) < 4.78 is 36.7. The second-order valence-corrected chi connectivity index (χ2v) is 6.80. The van der Waals surface area contributed by atoms with Crippen LogP contribution in [0.3, 0.4) is 0 Å². The first-order valence-corrected chi connectivity index (χ1v) is 8.43. The highest BCUT2D eigenvalue weighted by molar-refractivity contribution is 7.89. The number of sulfonamides is 1. The second-order valence-electron chi connectivity index (χ2n) is 4.86. The van der Waals surface area contributed by atoms with E-state index in [2.05, 4.69) is 0 Å². The van der Waals surface area contributed by atoms with Gasteiger partial charge in [0.05, 0.1) is 11.5 Å². The Morgan fingerprint density at radius 3 is 2.27 bits per heavy atom. The smallest absolute Gasteiger partial charge is 0.243 e. The minimum absolute atomic E-state index is 0.228. The molecule has 1 aliphatic rings. The monoisotopic (exact) mass is 328 g/mol. The van der Waals surface area contributed by atoms with Crippen LogP contribution < -0.4 is 4.74 Å².